The summed E-state index contributed by atoms with van der Waals surface area (Å²) in [6.45, 7) is 0. The molecule has 13 rings (SSSR count). The molecular formula is C60H38N4. The van der Waals surface area contributed by atoms with Gasteiger partial charge in [-0.25, -0.2) is 15.0 Å². The van der Waals surface area contributed by atoms with Crippen LogP contribution in [0, 0.1) is 0 Å². The molecule has 0 fully saturated rings. The van der Waals surface area contributed by atoms with E-state index < -0.39 is 5.41 Å². The summed E-state index contributed by atoms with van der Waals surface area (Å²) in [6, 6.07) is 82.8. The van der Waals surface area contributed by atoms with Crippen LogP contribution in [0.25, 0.3) is 78.0 Å². The summed E-state index contributed by atoms with van der Waals surface area (Å²) < 4.78 is 0. The number of fused-ring (bicyclic) bond motifs is 12. The summed E-state index contributed by atoms with van der Waals surface area (Å²) in [5.74, 6) is 0.689. The van der Waals surface area contributed by atoms with Crippen molar-refractivity contribution in [2.75, 3.05) is 4.90 Å². The van der Waals surface area contributed by atoms with Gasteiger partial charge in [0.1, 0.15) is 0 Å². The van der Waals surface area contributed by atoms with Gasteiger partial charge in [0.2, 0.25) is 0 Å². The van der Waals surface area contributed by atoms with E-state index in [1.54, 1.807) is 0 Å². The number of hydrogen-bond donors (Lipinski definition) is 0. The first-order chi connectivity index (χ1) is 31.7. The minimum Gasteiger partial charge on any atom is -0.310 e. The van der Waals surface area contributed by atoms with Crippen LogP contribution in [0.2, 0.25) is 0 Å². The molecule has 298 valence electrons. The zero-order valence-electron chi connectivity index (χ0n) is 34.7. The minimum absolute atomic E-state index is 0.591. The van der Waals surface area contributed by atoms with Crippen LogP contribution in [0.4, 0.5) is 17.1 Å². The third kappa shape index (κ3) is 5.39. The maximum Gasteiger partial charge on any atom is 0.160 e. The number of hydrogen-bond acceptors (Lipinski definition) is 4. The molecule has 0 saturated carbocycles. The molecule has 0 atom stereocenters. The van der Waals surface area contributed by atoms with Crippen LogP contribution in [0.1, 0.15) is 22.3 Å². The first-order valence-electron chi connectivity index (χ1n) is 21.9. The number of para-hydroxylation sites is 3. The molecule has 1 aliphatic heterocycles. The van der Waals surface area contributed by atoms with Gasteiger partial charge in [0, 0.05) is 38.7 Å². The highest BCUT2D eigenvalue weighted by Crippen LogP contribution is 2.64. The predicted octanol–water partition coefficient (Wildman–Crippen LogP) is 15.0. The Bertz CT molecular complexity index is 3520. The quantitative estimate of drug-likeness (QED) is 0.162. The zero-order valence-corrected chi connectivity index (χ0v) is 34.7. The molecule has 9 aromatic carbocycles. The molecular weight excluding hydrogens is 777 g/mol. The lowest BCUT2D eigenvalue weighted by molar-refractivity contribution is 0.754. The van der Waals surface area contributed by atoms with Gasteiger partial charge in [-0.2, -0.15) is 0 Å². The number of benzene rings is 9. The molecule has 0 bridgehead atoms. The van der Waals surface area contributed by atoms with Gasteiger partial charge < -0.3 is 4.90 Å². The molecule has 1 aliphatic carbocycles. The van der Waals surface area contributed by atoms with Crippen molar-refractivity contribution >= 4 is 38.7 Å². The summed E-state index contributed by atoms with van der Waals surface area (Å²) in [7, 11) is 0. The Morgan fingerprint density at radius 2 is 0.891 bits per heavy atom. The Morgan fingerprint density at radius 3 is 1.62 bits per heavy atom. The van der Waals surface area contributed by atoms with E-state index in [9.17, 15) is 0 Å². The predicted molar refractivity (Wildman–Crippen MR) is 262 cm³/mol. The lowest BCUT2D eigenvalue weighted by Crippen LogP contribution is -2.36. The molecule has 11 aromatic rings. The lowest BCUT2D eigenvalue weighted by atomic mass is 9.64. The van der Waals surface area contributed by atoms with Crippen molar-refractivity contribution < 1.29 is 0 Å². The fourth-order valence-corrected chi connectivity index (χ4v) is 10.5. The SMILES string of the molecule is c1ccc(-c2cc(-c3cccc(-c4nc5ccccc5c5cc6c(cc45)C4(c5ccccc5-c5ccccc54)c4ccccc4N6c4ccccc4)c3)nc(-c3ccccc3)n2)cc1. The van der Waals surface area contributed by atoms with Crippen LogP contribution in [-0.4, -0.2) is 15.0 Å². The van der Waals surface area contributed by atoms with Gasteiger partial charge in [0.05, 0.1) is 39.4 Å². The van der Waals surface area contributed by atoms with Crippen LogP contribution >= 0.6 is 0 Å². The second kappa shape index (κ2) is 14.3. The first-order valence-corrected chi connectivity index (χ1v) is 21.9. The largest absolute Gasteiger partial charge is 0.310 e. The molecule has 4 nitrogen and oxygen atoms in total. The maximum atomic E-state index is 5.57. The summed E-state index contributed by atoms with van der Waals surface area (Å²) in [6.07, 6.45) is 0. The van der Waals surface area contributed by atoms with Crippen molar-refractivity contribution in [2.45, 2.75) is 5.41 Å². The molecule has 64 heavy (non-hydrogen) atoms. The average Bonchev–Trinajstić information content (AvgIpc) is 3.67. The van der Waals surface area contributed by atoms with Crippen molar-refractivity contribution in [2.24, 2.45) is 0 Å². The Kier molecular flexibility index (Phi) is 8.09. The van der Waals surface area contributed by atoms with Crippen LogP contribution in [0.15, 0.2) is 231 Å². The van der Waals surface area contributed by atoms with Gasteiger partial charge in [0.25, 0.3) is 0 Å². The number of anilines is 3. The highest BCUT2D eigenvalue weighted by atomic mass is 15.2. The fraction of sp³-hybridized carbons (Fsp3) is 0.0167. The van der Waals surface area contributed by atoms with E-state index in [1.807, 2.05) is 24.3 Å². The van der Waals surface area contributed by atoms with Crippen LogP contribution < -0.4 is 4.90 Å². The fourth-order valence-electron chi connectivity index (χ4n) is 10.5. The molecule has 1 spiro atoms. The number of pyridine rings is 1. The second-order valence-electron chi connectivity index (χ2n) is 16.7. The molecule has 4 heteroatoms. The van der Waals surface area contributed by atoms with Gasteiger partial charge in [-0.3, -0.25) is 0 Å². The molecule has 0 amide bonds. The molecule has 2 aliphatic rings. The molecule has 2 aromatic heterocycles. The lowest BCUT2D eigenvalue weighted by Gasteiger charge is -2.45. The highest BCUT2D eigenvalue weighted by Gasteiger charge is 2.51. The molecule has 0 saturated heterocycles. The van der Waals surface area contributed by atoms with E-state index in [0.717, 1.165) is 72.4 Å². The first kappa shape index (κ1) is 36.2. The van der Waals surface area contributed by atoms with Gasteiger partial charge in [-0.1, -0.05) is 182 Å². The highest BCUT2D eigenvalue weighted by molar-refractivity contribution is 6.14. The monoisotopic (exact) mass is 814 g/mol. The van der Waals surface area contributed by atoms with Crippen LogP contribution in [0.5, 0.6) is 0 Å². The van der Waals surface area contributed by atoms with Gasteiger partial charge in [0.15, 0.2) is 5.82 Å². The third-order valence-corrected chi connectivity index (χ3v) is 13.2. The summed E-state index contributed by atoms with van der Waals surface area (Å²) in [5.41, 5.74) is 18.1. The summed E-state index contributed by atoms with van der Waals surface area (Å²) in [5, 5.41) is 3.37. The Morgan fingerprint density at radius 1 is 0.328 bits per heavy atom. The maximum absolute atomic E-state index is 5.57. The Labute approximate surface area is 371 Å². The third-order valence-electron chi connectivity index (χ3n) is 13.2. The minimum atomic E-state index is -0.591. The van der Waals surface area contributed by atoms with Crippen molar-refractivity contribution in [1.82, 2.24) is 15.0 Å². The van der Waals surface area contributed by atoms with E-state index >= 15 is 0 Å². The van der Waals surface area contributed by atoms with Crippen molar-refractivity contribution in [3.05, 3.63) is 253 Å². The smallest absolute Gasteiger partial charge is 0.160 e. The van der Waals surface area contributed by atoms with Crippen molar-refractivity contribution in [1.29, 1.82) is 0 Å². The summed E-state index contributed by atoms with van der Waals surface area (Å²) in [4.78, 5) is 18.3. The van der Waals surface area contributed by atoms with E-state index in [2.05, 4.69) is 211 Å². The number of rotatable bonds is 5. The Balaban J connectivity index is 1.11. The average molecular weight is 815 g/mol. The number of nitrogens with zero attached hydrogens (tertiary/aromatic N) is 4. The van der Waals surface area contributed by atoms with Crippen molar-refractivity contribution in [3.63, 3.8) is 0 Å². The molecule has 0 radical (unpaired) electrons. The molecule has 0 N–H and O–H groups in total. The van der Waals surface area contributed by atoms with Crippen LogP contribution in [-0.2, 0) is 5.41 Å². The van der Waals surface area contributed by atoms with E-state index in [-0.39, 0.29) is 0 Å². The van der Waals surface area contributed by atoms with E-state index in [4.69, 9.17) is 15.0 Å². The summed E-state index contributed by atoms with van der Waals surface area (Å²) >= 11 is 0. The topological polar surface area (TPSA) is 41.9 Å². The van der Waals surface area contributed by atoms with E-state index in [1.165, 1.54) is 39.1 Å². The molecule has 0 unspecified atom stereocenters. The van der Waals surface area contributed by atoms with Gasteiger partial charge in [-0.15, -0.1) is 0 Å². The Hall–Kier alpha value is -8.47. The van der Waals surface area contributed by atoms with Gasteiger partial charge in [-0.05, 0) is 87.3 Å². The number of aromatic nitrogens is 3. The van der Waals surface area contributed by atoms with Crippen molar-refractivity contribution in [3.8, 4) is 56.3 Å². The second-order valence-corrected chi connectivity index (χ2v) is 16.7. The zero-order chi connectivity index (χ0) is 42.2. The van der Waals surface area contributed by atoms with E-state index in [0.29, 0.717) is 5.82 Å². The molecule has 3 heterocycles. The van der Waals surface area contributed by atoms with Gasteiger partial charge >= 0.3 is 0 Å². The standard InChI is InChI=1S/C60H38N4/c1-4-19-39(20-5-1)54-38-55(63-59(62-54)40-21-6-2-7-22-40)41-23-18-24-42(35-41)58-48-36-52-57(37-47(48)46-29-12-16-33-53(46)61-58)64(43-25-8-3-9-26-43)56-34-17-15-32-51(56)60(52)49-30-13-10-27-44(49)45-28-11-14-31-50(45)60/h1-38H. The van der Waals surface area contributed by atoms with Crippen LogP contribution in [0.3, 0.4) is 0 Å². The normalized spacial score (nSPS) is 13.1.